The molecule has 0 saturated heterocycles. The van der Waals surface area contributed by atoms with Crippen molar-refractivity contribution in [3.8, 4) is 0 Å². The first-order valence-corrected chi connectivity index (χ1v) is 23.0. The quantitative estimate of drug-likeness (QED) is 0.0372. The number of rotatable bonds is 40. The maximum atomic E-state index is 12.6. The molecule has 0 aliphatic heterocycles. The molecule has 0 fully saturated rings. The van der Waals surface area contributed by atoms with E-state index in [2.05, 4.69) is 42.9 Å². The SMILES string of the molecule is CCCCCCCC/C=C\CCCCCCCC(=O)OCC(CNS(=O)(=O)OCCN(C)C)OC(=O)CCCCCCC/C=C\CCCCCCCC. The summed E-state index contributed by atoms with van der Waals surface area (Å²) in [4.78, 5) is 26.9. The van der Waals surface area contributed by atoms with Crippen LogP contribution in [-0.4, -0.2) is 71.8 Å². The summed E-state index contributed by atoms with van der Waals surface area (Å²) in [5.74, 6) is -0.792. The Labute approximate surface area is 327 Å². The normalized spacial score (nSPS) is 12.7. The molecule has 0 saturated carbocycles. The predicted molar refractivity (Wildman–Crippen MR) is 221 cm³/mol. The van der Waals surface area contributed by atoms with Crippen molar-refractivity contribution >= 4 is 22.2 Å². The van der Waals surface area contributed by atoms with Crippen LogP contribution >= 0.6 is 0 Å². The Bertz CT molecular complexity index is 1000. The third kappa shape index (κ3) is 39.7. The van der Waals surface area contributed by atoms with Gasteiger partial charge in [0, 0.05) is 19.4 Å². The lowest BCUT2D eigenvalue weighted by atomic mass is 10.1. The summed E-state index contributed by atoms with van der Waals surface area (Å²) < 4.78 is 43.0. The summed E-state index contributed by atoms with van der Waals surface area (Å²) in [5, 5.41) is 0. The van der Waals surface area contributed by atoms with E-state index < -0.39 is 22.4 Å². The lowest BCUT2D eigenvalue weighted by Gasteiger charge is -2.19. The fourth-order valence-electron chi connectivity index (χ4n) is 5.88. The predicted octanol–water partition coefficient (Wildman–Crippen LogP) is 10.9. The van der Waals surface area contributed by atoms with Crippen LogP contribution in [0.1, 0.15) is 194 Å². The van der Waals surface area contributed by atoms with Gasteiger partial charge in [0.15, 0.2) is 0 Å². The lowest BCUT2D eigenvalue weighted by molar-refractivity contribution is -0.158. The van der Waals surface area contributed by atoms with E-state index in [1.54, 1.807) is 0 Å². The van der Waals surface area contributed by atoms with Gasteiger partial charge in [-0.15, -0.1) is 0 Å². The van der Waals surface area contributed by atoms with E-state index in [1.165, 1.54) is 89.9 Å². The third-order valence-electron chi connectivity index (χ3n) is 9.28. The minimum atomic E-state index is -4.05. The smallest absolute Gasteiger partial charge is 0.336 e. The third-order valence-corrected chi connectivity index (χ3v) is 10.3. The highest BCUT2D eigenvalue weighted by molar-refractivity contribution is 7.84. The minimum absolute atomic E-state index is 0.00674. The molecule has 10 heteroatoms. The van der Waals surface area contributed by atoms with Crippen molar-refractivity contribution in [1.82, 2.24) is 9.62 Å². The van der Waals surface area contributed by atoms with Crippen LogP contribution in [-0.2, 0) is 33.6 Å². The molecule has 0 aromatic rings. The molecule has 0 aliphatic carbocycles. The van der Waals surface area contributed by atoms with Gasteiger partial charge in [-0.3, -0.25) is 13.8 Å². The molecule has 1 unspecified atom stereocenters. The summed E-state index contributed by atoms with van der Waals surface area (Å²) in [7, 11) is -0.406. The van der Waals surface area contributed by atoms with Crippen molar-refractivity contribution in [2.45, 2.75) is 200 Å². The van der Waals surface area contributed by atoms with Gasteiger partial charge in [0.05, 0.1) is 13.2 Å². The van der Waals surface area contributed by atoms with Crippen molar-refractivity contribution in [1.29, 1.82) is 0 Å². The second-order valence-corrected chi connectivity index (χ2v) is 16.3. The number of unbranched alkanes of at least 4 members (excludes halogenated alkanes) is 22. The highest BCUT2D eigenvalue weighted by atomic mass is 32.2. The zero-order valence-electron chi connectivity index (χ0n) is 34.7. The second-order valence-electron chi connectivity index (χ2n) is 14.9. The van der Waals surface area contributed by atoms with Crippen LogP contribution in [0.3, 0.4) is 0 Å². The molecule has 0 aromatic carbocycles. The Morgan fingerprint density at radius 2 is 0.981 bits per heavy atom. The number of carbonyl (C=O) groups is 2. The Hall–Kier alpha value is -1.75. The van der Waals surface area contributed by atoms with Crippen molar-refractivity contribution in [3.05, 3.63) is 24.3 Å². The standard InChI is InChI=1S/C43H82N2O7S/c1-5-7-9-11-13-15-17-19-21-23-25-27-29-31-33-35-42(46)50-40-41(39-44-53(48,49)51-38-37-45(3)4)52-43(47)36-34-32-30-28-26-24-22-20-18-16-14-12-10-8-6-2/h19-22,41,44H,5-18,23-40H2,1-4H3/b21-19-,22-20-. The molecule has 9 nitrogen and oxygen atoms in total. The number of esters is 2. The molecule has 0 aliphatic rings. The molecule has 0 amide bonds. The van der Waals surface area contributed by atoms with Crippen molar-refractivity contribution in [2.75, 3.05) is 40.4 Å². The Balaban J connectivity index is 4.32. The number of nitrogens with one attached hydrogen (secondary N) is 1. The van der Waals surface area contributed by atoms with E-state index in [0.717, 1.165) is 70.6 Å². The Kier molecular flexibility index (Phi) is 37.2. The van der Waals surface area contributed by atoms with Gasteiger partial charge in [-0.1, -0.05) is 141 Å². The Morgan fingerprint density at radius 1 is 0.585 bits per heavy atom. The summed E-state index contributed by atoms with van der Waals surface area (Å²) >= 11 is 0. The molecular formula is C43H82N2O7S. The molecule has 0 aromatic heterocycles. The minimum Gasteiger partial charge on any atom is -0.462 e. The van der Waals surface area contributed by atoms with E-state index in [9.17, 15) is 18.0 Å². The van der Waals surface area contributed by atoms with E-state index in [0.29, 0.717) is 13.0 Å². The summed E-state index contributed by atoms with van der Waals surface area (Å²) in [6.45, 7) is 4.49. The first-order valence-electron chi connectivity index (χ1n) is 21.6. The van der Waals surface area contributed by atoms with E-state index in [-0.39, 0.29) is 38.6 Å². The summed E-state index contributed by atoms with van der Waals surface area (Å²) in [6.07, 6.45) is 39.4. The number of nitrogens with zero attached hydrogens (tertiary/aromatic N) is 1. The summed E-state index contributed by atoms with van der Waals surface area (Å²) in [5.41, 5.74) is 0. The largest absolute Gasteiger partial charge is 0.462 e. The molecule has 0 spiro atoms. The van der Waals surface area contributed by atoms with Gasteiger partial charge in [-0.05, 0) is 78.3 Å². The second kappa shape index (κ2) is 38.5. The molecule has 1 N–H and O–H groups in total. The number of hydrogen-bond donors (Lipinski definition) is 1. The molecular weight excluding hydrogens is 689 g/mol. The maximum absolute atomic E-state index is 12.6. The average Bonchev–Trinajstić information content (AvgIpc) is 3.12. The fraction of sp³-hybridized carbons (Fsp3) is 0.860. The van der Waals surface area contributed by atoms with Crippen molar-refractivity contribution in [2.24, 2.45) is 0 Å². The van der Waals surface area contributed by atoms with Gasteiger partial charge in [-0.2, -0.15) is 13.1 Å². The first kappa shape index (κ1) is 51.2. The molecule has 53 heavy (non-hydrogen) atoms. The number of ether oxygens (including phenoxy) is 2. The highest BCUT2D eigenvalue weighted by Crippen LogP contribution is 2.13. The van der Waals surface area contributed by atoms with Gasteiger partial charge >= 0.3 is 22.2 Å². The van der Waals surface area contributed by atoms with Gasteiger partial charge in [0.25, 0.3) is 0 Å². The van der Waals surface area contributed by atoms with Crippen LogP contribution in [0, 0.1) is 0 Å². The number of allylic oxidation sites excluding steroid dienone is 4. The van der Waals surface area contributed by atoms with Crippen LogP contribution in [0.4, 0.5) is 0 Å². The van der Waals surface area contributed by atoms with Gasteiger partial charge in [0.1, 0.15) is 12.7 Å². The Morgan fingerprint density at radius 3 is 1.42 bits per heavy atom. The first-order chi connectivity index (χ1) is 25.7. The van der Waals surface area contributed by atoms with Crippen LogP contribution in [0.5, 0.6) is 0 Å². The molecule has 0 rings (SSSR count). The van der Waals surface area contributed by atoms with Crippen LogP contribution in [0.25, 0.3) is 0 Å². The molecule has 0 bridgehead atoms. The number of carbonyl (C=O) groups excluding carboxylic acids is 2. The monoisotopic (exact) mass is 771 g/mol. The van der Waals surface area contributed by atoms with Crippen LogP contribution in [0.15, 0.2) is 24.3 Å². The van der Waals surface area contributed by atoms with E-state index >= 15 is 0 Å². The zero-order valence-corrected chi connectivity index (χ0v) is 35.5. The fourth-order valence-corrected chi connectivity index (χ4v) is 6.65. The molecule has 0 radical (unpaired) electrons. The lowest BCUT2D eigenvalue weighted by Crippen LogP contribution is -2.39. The topological polar surface area (TPSA) is 111 Å². The highest BCUT2D eigenvalue weighted by Gasteiger charge is 2.21. The zero-order chi connectivity index (χ0) is 39.1. The van der Waals surface area contributed by atoms with Gasteiger partial charge < -0.3 is 14.4 Å². The van der Waals surface area contributed by atoms with Gasteiger partial charge in [0.2, 0.25) is 0 Å². The van der Waals surface area contributed by atoms with E-state index in [4.69, 9.17) is 13.7 Å². The maximum Gasteiger partial charge on any atom is 0.336 e. The van der Waals surface area contributed by atoms with Crippen molar-refractivity contribution in [3.63, 3.8) is 0 Å². The van der Waals surface area contributed by atoms with Crippen LogP contribution < -0.4 is 4.72 Å². The van der Waals surface area contributed by atoms with E-state index in [1.807, 2.05) is 19.0 Å². The molecule has 312 valence electrons. The summed E-state index contributed by atoms with van der Waals surface area (Å²) in [6, 6.07) is 0. The van der Waals surface area contributed by atoms with Crippen LogP contribution in [0.2, 0.25) is 0 Å². The number of hydrogen-bond acceptors (Lipinski definition) is 8. The average molecular weight is 771 g/mol. The number of likely N-dealkylation sites (N-methyl/N-ethyl adjacent to an activating group) is 1. The van der Waals surface area contributed by atoms with Crippen molar-refractivity contribution < 1.29 is 31.7 Å². The molecule has 1 atom stereocenters. The molecule has 0 heterocycles. The van der Waals surface area contributed by atoms with Gasteiger partial charge in [-0.25, -0.2) is 0 Å².